The van der Waals surface area contributed by atoms with Crippen molar-refractivity contribution >= 4 is 5.78 Å². The summed E-state index contributed by atoms with van der Waals surface area (Å²) in [4.78, 5) is 15.1. The molecule has 1 N–H and O–H groups in total. The highest BCUT2D eigenvalue weighted by atomic mass is 16.5. The molecule has 146 valence electrons. The van der Waals surface area contributed by atoms with Crippen molar-refractivity contribution in [3.8, 4) is 11.5 Å². The number of ether oxygens (including phenoxy) is 2. The van der Waals surface area contributed by atoms with Crippen LogP contribution >= 0.6 is 0 Å². The van der Waals surface area contributed by atoms with Gasteiger partial charge in [-0.3, -0.25) is 9.69 Å². The molecule has 0 spiro atoms. The average molecular weight is 363 g/mol. The number of hydrogen-bond donors (Lipinski definition) is 1. The van der Waals surface area contributed by atoms with E-state index in [9.17, 15) is 4.79 Å². The maximum absolute atomic E-state index is 12.6. The summed E-state index contributed by atoms with van der Waals surface area (Å²) in [7, 11) is 3.33. The van der Waals surface area contributed by atoms with Crippen LogP contribution in [-0.2, 0) is 11.2 Å². The standard InChI is InChI=1S/C19H27NO3.C2H6O/c1-12(2)7-14-11-20-6-5-13-8-18(22-3)19(23-4)9-15(13)16(20)10-17(14)21;1-2-3/h8-9,12,14,16H,5-7,10-11H2,1-4H3;3H,2H2,1H3. The molecule has 2 heterocycles. The summed E-state index contributed by atoms with van der Waals surface area (Å²) < 4.78 is 10.9. The van der Waals surface area contributed by atoms with E-state index < -0.39 is 0 Å². The van der Waals surface area contributed by atoms with Gasteiger partial charge in [0.05, 0.1) is 14.2 Å². The molecule has 1 aromatic carbocycles. The van der Waals surface area contributed by atoms with Gasteiger partial charge in [-0.05, 0) is 48.9 Å². The topological polar surface area (TPSA) is 59.0 Å². The lowest BCUT2D eigenvalue weighted by molar-refractivity contribution is -0.129. The summed E-state index contributed by atoms with van der Waals surface area (Å²) in [5, 5.41) is 7.57. The lowest BCUT2D eigenvalue weighted by Gasteiger charge is -2.43. The molecule has 1 aromatic rings. The molecule has 1 fully saturated rings. The van der Waals surface area contributed by atoms with Crippen molar-refractivity contribution in [2.45, 2.75) is 46.1 Å². The number of methoxy groups -OCH3 is 2. The van der Waals surface area contributed by atoms with Crippen LogP contribution in [0.15, 0.2) is 12.1 Å². The number of Topliss-reactive ketones (excluding diaryl/α,β-unsaturated/α-hetero) is 1. The molecule has 3 rings (SSSR count). The van der Waals surface area contributed by atoms with Crippen LogP contribution < -0.4 is 9.47 Å². The van der Waals surface area contributed by atoms with Gasteiger partial charge in [-0.25, -0.2) is 0 Å². The van der Waals surface area contributed by atoms with Crippen LogP contribution in [0, 0.1) is 11.8 Å². The van der Waals surface area contributed by atoms with Gasteiger partial charge in [0, 0.05) is 38.1 Å². The van der Waals surface area contributed by atoms with Crippen LogP contribution in [0.5, 0.6) is 11.5 Å². The smallest absolute Gasteiger partial charge is 0.161 e. The highest BCUT2D eigenvalue weighted by Gasteiger charge is 2.38. The molecule has 0 aliphatic carbocycles. The fraction of sp³-hybridized carbons (Fsp3) is 0.667. The number of piperidine rings is 1. The van der Waals surface area contributed by atoms with Gasteiger partial charge in [-0.1, -0.05) is 13.8 Å². The molecule has 5 heteroatoms. The van der Waals surface area contributed by atoms with Gasteiger partial charge in [0.1, 0.15) is 5.78 Å². The summed E-state index contributed by atoms with van der Waals surface area (Å²) in [5.74, 6) is 2.72. The van der Waals surface area contributed by atoms with Crippen molar-refractivity contribution in [1.82, 2.24) is 4.90 Å². The van der Waals surface area contributed by atoms with Crippen LogP contribution in [0.3, 0.4) is 0 Å². The first-order chi connectivity index (χ1) is 12.4. The quantitative estimate of drug-likeness (QED) is 0.890. The molecule has 0 bridgehead atoms. The lowest BCUT2D eigenvalue weighted by atomic mass is 9.80. The molecule has 0 amide bonds. The summed E-state index contributed by atoms with van der Waals surface area (Å²) >= 11 is 0. The van der Waals surface area contributed by atoms with Crippen molar-refractivity contribution < 1.29 is 19.4 Å². The van der Waals surface area contributed by atoms with Crippen molar-refractivity contribution in [3.63, 3.8) is 0 Å². The fourth-order valence-electron chi connectivity index (χ4n) is 4.05. The van der Waals surface area contributed by atoms with Gasteiger partial charge in [-0.15, -0.1) is 0 Å². The summed E-state index contributed by atoms with van der Waals surface area (Å²) in [6, 6.07) is 4.35. The minimum absolute atomic E-state index is 0.202. The third-order valence-electron chi connectivity index (χ3n) is 5.17. The Bertz CT molecular complexity index is 614. The van der Waals surface area contributed by atoms with Gasteiger partial charge < -0.3 is 14.6 Å². The minimum Gasteiger partial charge on any atom is -0.493 e. The minimum atomic E-state index is 0.202. The Labute approximate surface area is 157 Å². The first kappa shape index (κ1) is 20.7. The largest absolute Gasteiger partial charge is 0.493 e. The Morgan fingerprint density at radius 3 is 2.42 bits per heavy atom. The van der Waals surface area contributed by atoms with Gasteiger partial charge in [-0.2, -0.15) is 0 Å². The number of aliphatic hydroxyl groups is 1. The van der Waals surface area contributed by atoms with E-state index in [-0.39, 0.29) is 18.6 Å². The number of ketones is 1. The number of rotatable bonds is 4. The molecule has 2 unspecified atom stereocenters. The number of carbonyl (C=O) groups is 1. The summed E-state index contributed by atoms with van der Waals surface area (Å²) in [5.41, 5.74) is 2.53. The maximum atomic E-state index is 12.6. The summed E-state index contributed by atoms with van der Waals surface area (Å²) in [6.45, 7) is 8.24. The number of aliphatic hydroxyl groups excluding tert-OH is 1. The van der Waals surface area contributed by atoms with E-state index in [2.05, 4.69) is 30.9 Å². The van der Waals surface area contributed by atoms with Crippen LogP contribution in [0.4, 0.5) is 0 Å². The zero-order valence-corrected chi connectivity index (χ0v) is 16.7. The normalized spacial score (nSPS) is 22.2. The number of carbonyl (C=O) groups excluding carboxylic acids is 1. The van der Waals surface area contributed by atoms with Crippen LogP contribution in [0.2, 0.25) is 0 Å². The van der Waals surface area contributed by atoms with Crippen LogP contribution in [-0.4, -0.2) is 49.7 Å². The monoisotopic (exact) mass is 363 g/mol. The second-order valence-corrected chi connectivity index (χ2v) is 7.48. The Hall–Kier alpha value is -1.59. The van der Waals surface area contributed by atoms with Crippen LogP contribution in [0.1, 0.15) is 50.8 Å². The Morgan fingerprint density at radius 2 is 1.85 bits per heavy atom. The highest BCUT2D eigenvalue weighted by molar-refractivity contribution is 5.83. The van der Waals surface area contributed by atoms with E-state index in [1.807, 2.05) is 0 Å². The Kier molecular flexibility index (Phi) is 7.47. The van der Waals surface area contributed by atoms with Gasteiger partial charge >= 0.3 is 0 Å². The zero-order chi connectivity index (χ0) is 19.3. The third kappa shape index (κ3) is 4.57. The van der Waals surface area contributed by atoms with Gasteiger partial charge in [0.15, 0.2) is 11.5 Å². The van der Waals surface area contributed by atoms with Gasteiger partial charge in [0.25, 0.3) is 0 Å². The van der Waals surface area contributed by atoms with E-state index in [1.165, 1.54) is 11.1 Å². The SMILES string of the molecule is CCO.COc1cc2c(cc1OC)C1CC(=O)C(CC(C)C)CN1CC2. The van der Waals surface area contributed by atoms with Crippen molar-refractivity contribution in [2.24, 2.45) is 11.8 Å². The molecule has 26 heavy (non-hydrogen) atoms. The second kappa shape index (κ2) is 9.38. The van der Waals surface area contributed by atoms with Crippen molar-refractivity contribution in [2.75, 3.05) is 33.9 Å². The predicted octanol–water partition coefficient (Wildman–Crippen LogP) is 3.24. The fourth-order valence-corrected chi connectivity index (χ4v) is 4.05. The van der Waals surface area contributed by atoms with E-state index in [0.717, 1.165) is 37.4 Å². The van der Waals surface area contributed by atoms with Crippen LogP contribution in [0.25, 0.3) is 0 Å². The maximum Gasteiger partial charge on any atom is 0.161 e. The molecule has 2 atom stereocenters. The molecule has 0 saturated carbocycles. The molecular formula is C21H33NO4. The van der Waals surface area contributed by atoms with E-state index >= 15 is 0 Å². The molecule has 2 aliphatic rings. The average Bonchev–Trinajstić information content (AvgIpc) is 2.61. The molecule has 2 aliphatic heterocycles. The summed E-state index contributed by atoms with van der Waals surface area (Å²) in [6.07, 6.45) is 2.63. The predicted molar refractivity (Wildman–Crippen MR) is 103 cm³/mol. The van der Waals surface area contributed by atoms with E-state index in [1.54, 1.807) is 21.1 Å². The van der Waals surface area contributed by atoms with Gasteiger partial charge in [0.2, 0.25) is 0 Å². The van der Waals surface area contributed by atoms with E-state index in [0.29, 0.717) is 18.1 Å². The lowest BCUT2D eigenvalue weighted by Crippen LogP contribution is -2.46. The Morgan fingerprint density at radius 1 is 1.23 bits per heavy atom. The van der Waals surface area contributed by atoms with Crippen molar-refractivity contribution in [1.29, 1.82) is 0 Å². The zero-order valence-electron chi connectivity index (χ0n) is 16.7. The molecule has 1 saturated heterocycles. The first-order valence-electron chi connectivity index (χ1n) is 9.57. The number of nitrogens with zero attached hydrogens (tertiary/aromatic N) is 1. The highest BCUT2D eigenvalue weighted by Crippen LogP contribution is 2.42. The number of fused-ring (bicyclic) bond motifs is 3. The molecule has 5 nitrogen and oxygen atoms in total. The Balaban J connectivity index is 0.000000758. The molecule has 0 aromatic heterocycles. The number of hydrogen-bond acceptors (Lipinski definition) is 5. The number of benzene rings is 1. The second-order valence-electron chi connectivity index (χ2n) is 7.48. The first-order valence-corrected chi connectivity index (χ1v) is 9.57. The van der Waals surface area contributed by atoms with E-state index in [4.69, 9.17) is 14.6 Å². The van der Waals surface area contributed by atoms with Crippen molar-refractivity contribution in [3.05, 3.63) is 23.3 Å². The third-order valence-corrected chi connectivity index (χ3v) is 5.17. The molecular weight excluding hydrogens is 330 g/mol. The molecule has 0 radical (unpaired) electrons.